The summed E-state index contributed by atoms with van der Waals surface area (Å²) in [6.07, 6.45) is 5.78. The van der Waals surface area contributed by atoms with Gasteiger partial charge in [-0.3, -0.25) is 0 Å². The highest BCUT2D eigenvalue weighted by molar-refractivity contribution is 7.80. The van der Waals surface area contributed by atoms with Gasteiger partial charge >= 0.3 is 0 Å². The van der Waals surface area contributed by atoms with Crippen LogP contribution >= 0.6 is 12.2 Å². The van der Waals surface area contributed by atoms with Crippen molar-refractivity contribution < 1.29 is 4.74 Å². The van der Waals surface area contributed by atoms with Crippen molar-refractivity contribution in [3.05, 3.63) is 59.3 Å². The second-order valence-electron chi connectivity index (χ2n) is 8.79. The quantitative estimate of drug-likeness (QED) is 0.382. The predicted octanol–water partition coefficient (Wildman–Crippen LogP) is 6.22. The molecule has 0 bridgehead atoms. The first-order valence-electron chi connectivity index (χ1n) is 11.6. The molecule has 2 heterocycles. The third kappa shape index (κ3) is 3.80. The zero-order chi connectivity index (χ0) is 21.4. The van der Waals surface area contributed by atoms with E-state index in [9.17, 15) is 0 Å². The van der Waals surface area contributed by atoms with Gasteiger partial charge in [-0.05, 0) is 86.8 Å². The van der Waals surface area contributed by atoms with Crippen LogP contribution in [0.2, 0.25) is 0 Å². The zero-order valence-electron chi connectivity index (χ0n) is 18.5. The molecule has 0 radical (unpaired) electrons. The number of aryl methyl sites for hydroxylation is 2. The Morgan fingerprint density at radius 1 is 1.16 bits per heavy atom. The number of nitrogens with zero attached hydrogens (tertiary/aromatic N) is 2. The number of benzene rings is 2. The average Bonchev–Trinajstić information content (AvgIpc) is 3.10. The molecule has 0 spiro atoms. The Hall–Kier alpha value is -2.53. The molecular formula is C26H31N3OS. The van der Waals surface area contributed by atoms with Gasteiger partial charge in [-0.25, -0.2) is 0 Å². The summed E-state index contributed by atoms with van der Waals surface area (Å²) in [5.74, 6) is 0.916. The summed E-state index contributed by atoms with van der Waals surface area (Å²) in [5.41, 5.74) is 6.77. The number of anilines is 1. The van der Waals surface area contributed by atoms with E-state index in [0.29, 0.717) is 6.04 Å². The zero-order valence-corrected chi connectivity index (χ0v) is 19.3. The molecule has 162 valence electrons. The van der Waals surface area contributed by atoms with Gasteiger partial charge in [-0.1, -0.05) is 25.0 Å². The summed E-state index contributed by atoms with van der Waals surface area (Å²) >= 11 is 5.89. The largest absolute Gasteiger partial charge is 0.494 e. The molecule has 0 unspecified atom stereocenters. The minimum atomic E-state index is 0.363. The number of aromatic nitrogens is 1. The fourth-order valence-corrected chi connectivity index (χ4v) is 5.46. The molecule has 2 aromatic carbocycles. The molecule has 0 saturated heterocycles. The van der Waals surface area contributed by atoms with E-state index in [1.807, 2.05) is 12.1 Å². The van der Waals surface area contributed by atoms with Gasteiger partial charge in [0, 0.05) is 35.4 Å². The smallest absolute Gasteiger partial charge is 0.174 e. The van der Waals surface area contributed by atoms with Crippen LogP contribution in [-0.4, -0.2) is 27.7 Å². The number of nitrogens with one attached hydrogen (secondary N) is 1. The van der Waals surface area contributed by atoms with Gasteiger partial charge < -0.3 is 19.5 Å². The monoisotopic (exact) mass is 433 g/mol. The third-order valence-electron chi connectivity index (χ3n) is 6.66. The van der Waals surface area contributed by atoms with Crippen LogP contribution in [0.15, 0.2) is 42.5 Å². The molecule has 5 rings (SSSR count). The summed E-state index contributed by atoms with van der Waals surface area (Å²) in [6.45, 7) is 7.06. The summed E-state index contributed by atoms with van der Waals surface area (Å²) in [4.78, 5) is 2.41. The summed E-state index contributed by atoms with van der Waals surface area (Å²) in [5, 5.41) is 5.75. The maximum Gasteiger partial charge on any atom is 0.174 e. The van der Waals surface area contributed by atoms with E-state index in [-0.39, 0.29) is 0 Å². The number of fused-ring (bicyclic) bond motifs is 3. The van der Waals surface area contributed by atoms with Gasteiger partial charge in [0.25, 0.3) is 0 Å². The van der Waals surface area contributed by atoms with Crippen LogP contribution in [0.4, 0.5) is 5.69 Å². The van der Waals surface area contributed by atoms with E-state index in [0.717, 1.165) is 55.5 Å². The molecule has 0 saturated carbocycles. The minimum Gasteiger partial charge on any atom is -0.494 e. The maximum atomic E-state index is 5.89. The fourth-order valence-electron chi connectivity index (χ4n) is 5.13. The number of ether oxygens (including phenoxy) is 1. The molecule has 1 atom stereocenters. The van der Waals surface area contributed by atoms with E-state index in [2.05, 4.69) is 59.0 Å². The van der Waals surface area contributed by atoms with Crippen LogP contribution in [0.1, 0.15) is 55.5 Å². The van der Waals surface area contributed by atoms with Crippen molar-refractivity contribution in [2.75, 3.05) is 18.5 Å². The van der Waals surface area contributed by atoms with E-state index in [1.54, 1.807) is 0 Å². The number of thiocarbonyl (C=S) groups is 1. The second-order valence-corrected chi connectivity index (χ2v) is 9.18. The second kappa shape index (κ2) is 8.54. The molecule has 1 aliphatic carbocycles. The molecule has 3 aromatic rings. The minimum absolute atomic E-state index is 0.363. The lowest BCUT2D eigenvalue weighted by Gasteiger charge is -2.41. The first-order valence-corrected chi connectivity index (χ1v) is 12.0. The Balaban J connectivity index is 1.35. The molecule has 0 amide bonds. The lowest BCUT2D eigenvalue weighted by atomic mass is 9.89. The number of hydrogen-bond donors (Lipinski definition) is 1. The van der Waals surface area contributed by atoms with Crippen LogP contribution in [-0.2, 0) is 13.0 Å². The van der Waals surface area contributed by atoms with Crippen molar-refractivity contribution in [1.82, 2.24) is 9.47 Å². The van der Waals surface area contributed by atoms with Crippen LogP contribution in [0.5, 0.6) is 5.75 Å². The predicted molar refractivity (Wildman–Crippen MR) is 132 cm³/mol. The van der Waals surface area contributed by atoms with Crippen LogP contribution < -0.4 is 10.1 Å². The third-order valence-corrected chi connectivity index (χ3v) is 7.00. The summed E-state index contributed by atoms with van der Waals surface area (Å²) in [6, 6.07) is 15.4. The van der Waals surface area contributed by atoms with Gasteiger partial charge in [-0.2, -0.15) is 0 Å². The first kappa shape index (κ1) is 20.4. The normalized spacial score (nSPS) is 17.5. The van der Waals surface area contributed by atoms with Gasteiger partial charge in [0.1, 0.15) is 5.75 Å². The Kier molecular flexibility index (Phi) is 5.61. The van der Waals surface area contributed by atoms with Crippen molar-refractivity contribution in [3.8, 4) is 5.75 Å². The maximum absolute atomic E-state index is 5.89. The Bertz CT molecular complexity index is 1100. The highest BCUT2D eigenvalue weighted by atomic mass is 32.1. The molecular weight excluding hydrogens is 402 g/mol. The lowest BCUT2D eigenvalue weighted by molar-refractivity contribution is 0.235. The topological polar surface area (TPSA) is 29.4 Å². The molecule has 31 heavy (non-hydrogen) atoms. The van der Waals surface area contributed by atoms with Crippen molar-refractivity contribution in [2.24, 2.45) is 0 Å². The average molecular weight is 434 g/mol. The fraction of sp³-hybridized carbons (Fsp3) is 0.423. The summed E-state index contributed by atoms with van der Waals surface area (Å²) in [7, 11) is 0. The molecule has 0 fully saturated rings. The van der Waals surface area contributed by atoms with Gasteiger partial charge in [0.2, 0.25) is 0 Å². The van der Waals surface area contributed by atoms with Gasteiger partial charge in [0.05, 0.1) is 12.6 Å². The van der Waals surface area contributed by atoms with E-state index >= 15 is 0 Å². The molecule has 5 heteroatoms. The van der Waals surface area contributed by atoms with E-state index in [4.69, 9.17) is 17.0 Å². The Labute approximate surface area is 190 Å². The highest BCUT2D eigenvalue weighted by Crippen LogP contribution is 2.43. The first-order chi connectivity index (χ1) is 15.2. The Morgan fingerprint density at radius 2 is 2.00 bits per heavy atom. The SMILES string of the molecule is CCCCOc1ccc(NC(=S)N2CCn3c4c(c5cc(C)ccc53)CCC[C@H]42)cc1. The lowest BCUT2D eigenvalue weighted by Crippen LogP contribution is -2.45. The summed E-state index contributed by atoms with van der Waals surface area (Å²) < 4.78 is 8.33. The molecule has 2 aliphatic rings. The van der Waals surface area contributed by atoms with Crippen molar-refractivity contribution >= 4 is 33.9 Å². The van der Waals surface area contributed by atoms with Crippen LogP contribution in [0.3, 0.4) is 0 Å². The van der Waals surface area contributed by atoms with Crippen LogP contribution in [0.25, 0.3) is 10.9 Å². The van der Waals surface area contributed by atoms with E-state index in [1.165, 1.54) is 40.6 Å². The molecule has 1 aromatic heterocycles. The van der Waals surface area contributed by atoms with Crippen molar-refractivity contribution in [3.63, 3.8) is 0 Å². The number of hydrogen-bond acceptors (Lipinski definition) is 2. The van der Waals surface area contributed by atoms with Crippen molar-refractivity contribution in [2.45, 2.75) is 58.5 Å². The van der Waals surface area contributed by atoms with Gasteiger partial charge in [-0.15, -0.1) is 0 Å². The standard InChI is InChI=1S/C26H31N3OS/c1-3-4-16-30-20-11-9-19(10-12-20)27-26(31)29-15-14-28-23-13-8-18(2)17-22(23)21-6-5-7-24(29)25(21)28/h8-13,17,24H,3-7,14-16H2,1-2H3,(H,27,31)/t24-/m1/s1. The van der Waals surface area contributed by atoms with E-state index < -0.39 is 0 Å². The molecule has 1 aliphatic heterocycles. The number of unbranched alkanes of at least 4 members (excludes halogenated alkanes) is 1. The molecule has 4 nitrogen and oxygen atoms in total. The number of rotatable bonds is 5. The van der Waals surface area contributed by atoms with Crippen molar-refractivity contribution in [1.29, 1.82) is 0 Å². The highest BCUT2D eigenvalue weighted by Gasteiger charge is 2.35. The Morgan fingerprint density at radius 3 is 2.81 bits per heavy atom. The molecule has 1 N–H and O–H groups in total. The van der Waals surface area contributed by atoms with Gasteiger partial charge in [0.15, 0.2) is 5.11 Å². The van der Waals surface area contributed by atoms with Crippen LogP contribution in [0, 0.1) is 6.92 Å².